The summed E-state index contributed by atoms with van der Waals surface area (Å²) in [5.41, 5.74) is 8.13. The second-order valence-corrected chi connectivity index (χ2v) is 6.77. The summed E-state index contributed by atoms with van der Waals surface area (Å²) >= 11 is 0. The van der Waals surface area contributed by atoms with Crippen molar-refractivity contribution in [3.8, 4) is 39.8 Å². The van der Waals surface area contributed by atoms with Crippen LogP contribution in [0.15, 0.2) is 48.5 Å². The van der Waals surface area contributed by atoms with Gasteiger partial charge in [-0.1, -0.05) is 36.4 Å². The molecule has 3 rings (SSSR count). The van der Waals surface area contributed by atoms with Gasteiger partial charge in [0.15, 0.2) is 0 Å². The molecule has 0 radical (unpaired) electrons. The minimum Gasteiger partial charge on any atom is -0.496 e. The Morgan fingerprint density at radius 2 is 1.39 bits per heavy atom. The first-order valence-electron chi connectivity index (χ1n) is 9.43. The summed E-state index contributed by atoms with van der Waals surface area (Å²) in [5.74, 6) is 1.73. The molecule has 0 bridgehead atoms. The van der Waals surface area contributed by atoms with E-state index in [1.54, 1.807) is 7.11 Å². The number of benzene rings is 3. The van der Waals surface area contributed by atoms with Crippen molar-refractivity contribution in [3.05, 3.63) is 70.8 Å². The third-order valence-corrected chi connectivity index (χ3v) is 5.23. The average molecular weight is 371 g/mol. The van der Waals surface area contributed by atoms with E-state index in [-0.39, 0.29) is 0 Å². The normalized spacial score (nSPS) is 10.4. The monoisotopic (exact) mass is 371 g/mol. The van der Waals surface area contributed by atoms with Crippen LogP contribution in [0.25, 0.3) is 22.3 Å². The van der Waals surface area contributed by atoms with E-state index in [4.69, 9.17) is 9.47 Å². The van der Waals surface area contributed by atoms with E-state index in [9.17, 15) is 5.26 Å². The fourth-order valence-electron chi connectivity index (χ4n) is 3.70. The highest BCUT2D eigenvalue weighted by Gasteiger charge is 2.18. The SMILES string of the molecule is CCOc1c(-c2cccc(C#N)c2C)ccc(-c2cccc(OC)c2C)c1C. The van der Waals surface area contributed by atoms with E-state index in [0.29, 0.717) is 12.2 Å². The highest BCUT2D eigenvalue weighted by molar-refractivity contribution is 5.83. The summed E-state index contributed by atoms with van der Waals surface area (Å²) in [7, 11) is 1.69. The topological polar surface area (TPSA) is 42.2 Å². The van der Waals surface area contributed by atoms with Crippen molar-refractivity contribution in [2.45, 2.75) is 27.7 Å². The second-order valence-electron chi connectivity index (χ2n) is 6.77. The van der Waals surface area contributed by atoms with E-state index in [1.165, 1.54) is 0 Å². The van der Waals surface area contributed by atoms with Gasteiger partial charge in [0.25, 0.3) is 0 Å². The number of ether oxygens (including phenoxy) is 2. The number of hydrogen-bond acceptors (Lipinski definition) is 3. The molecule has 3 heteroatoms. The van der Waals surface area contributed by atoms with Crippen molar-refractivity contribution < 1.29 is 9.47 Å². The lowest BCUT2D eigenvalue weighted by atomic mass is 9.90. The molecule has 0 N–H and O–H groups in total. The van der Waals surface area contributed by atoms with Crippen molar-refractivity contribution in [2.75, 3.05) is 13.7 Å². The maximum atomic E-state index is 9.40. The van der Waals surface area contributed by atoms with Crippen LogP contribution < -0.4 is 9.47 Å². The minimum absolute atomic E-state index is 0.575. The number of rotatable bonds is 5. The van der Waals surface area contributed by atoms with Gasteiger partial charge in [0.2, 0.25) is 0 Å². The number of nitriles is 1. The maximum Gasteiger partial charge on any atom is 0.130 e. The maximum absolute atomic E-state index is 9.40. The fraction of sp³-hybridized carbons (Fsp3) is 0.240. The molecule has 0 aromatic heterocycles. The van der Waals surface area contributed by atoms with Gasteiger partial charge in [-0.15, -0.1) is 0 Å². The Kier molecular flexibility index (Phi) is 5.70. The predicted molar refractivity (Wildman–Crippen MR) is 114 cm³/mol. The molecular formula is C25H25NO2. The van der Waals surface area contributed by atoms with Gasteiger partial charge in [0, 0.05) is 5.56 Å². The standard InChI is InChI=1S/C25H25NO2/c1-6-28-25-18(4)22(21-11-8-12-24(27-5)17(21)3)13-14-23(25)20-10-7-9-19(15-26)16(20)2/h7-14H,6H2,1-5H3. The van der Waals surface area contributed by atoms with Gasteiger partial charge in [-0.3, -0.25) is 0 Å². The van der Waals surface area contributed by atoms with Crippen molar-refractivity contribution in [3.63, 3.8) is 0 Å². The minimum atomic E-state index is 0.575. The third-order valence-electron chi connectivity index (χ3n) is 5.23. The zero-order chi connectivity index (χ0) is 20.3. The third kappa shape index (κ3) is 3.34. The van der Waals surface area contributed by atoms with Crippen LogP contribution in [0.1, 0.15) is 29.2 Å². The molecule has 0 saturated carbocycles. The number of methoxy groups -OCH3 is 1. The predicted octanol–water partition coefficient (Wildman–Crippen LogP) is 6.22. The van der Waals surface area contributed by atoms with Crippen molar-refractivity contribution in [2.24, 2.45) is 0 Å². The summed E-state index contributed by atoms with van der Waals surface area (Å²) in [5, 5.41) is 9.40. The van der Waals surface area contributed by atoms with Gasteiger partial charge in [0.1, 0.15) is 11.5 Å². The highest BCUT2D eigenvalue weighted by Crippen LogP contribution is 2.42. The van der Waals surface area contributed by atoms with Crippen molar-refractivity contribution in [1.82, 2.24) is 0 Å². The van der Waals surface area contributed by atoms with Crippen LogP contribution >= 0.6 is 0 Å². The van der Waals surface area contributed by atoms with Gasteiger partial charge >= 0.3 is 0 Å². The molecule has 0 aliphatic carbocycles. The molecule has 0 fully saturated rings. The summed E-state index contributed by atoms with van der Waals surface area (Å²) in [4.78, 5) is 0. The van der Waals surface area contributed by atoms with Crippen LogP contribution in [0.5, 0.6) is 11.5 Å². The average Bonchev–Trinajstić information content (AvgIpc) is 2.70. The van der Waals surface area contributed by atoms with Gasteiger partial charge < -0.3 is 9.47 Å². The first-order chi connectivity index (χ1) is 13.5. The molecule has 0 aliphatic heterocycles. The molecule has 0 saturated heterocycles. The largest absolute Gasteiger partial charge is 0.496 e. The van der Waals surface area contributed by atoms with Crippen LogP contribution in [0, 0.1) is 32.1 Å². The van der Waals surface area contributed by atoms with Crippen molar-refractivity contribution in [1.29, 1.82) is 5.26 Å². The summed E-state index contributed by atoms with van der Waals surface area (Å²) in [6.07, 6.45) is 0. The Morgan fingerprint density at radius 1 is 0.786 bits per heavy atom. The van der Waals surface area contributed by atoms with Crippen LogP contribution in [0.2, 0.25) is 0 Å². The van der Waals surface area contributed by atoms with Gasteiger partial charge in [-0.05, 0) is 73.2 Å². The van der Waals surface area contributed by atoms with E-state index in [0.717, 1.165) is 50.4 Å². The first-order valence-corrected chi connectivity index (χ1v) is 9.43. The molecule has 0 unspecified atom stereocenters. The zero-order valence-corrected chi connectivity index (χ0v) is 17.1. The van der Waals surface area contributed by atoms with Crippen LogP contribution in [-0.2, 0) is 0 Å². The molecule has 3 aromatic rings. The molecule has 0 spiro atoms. The molecule has 3 aromatic carbocycles. The Labute approximate surface area is 167 Å². The summed E-state index contributed by atoms with van der Waals surface area (Å²) in [6.45, 7) is 8.71. The van der Waals surface area contributed by atoms with Crippen LogP contribution in [-0.4, -0.2) is 13.7 Å². The molecule has 0 aliphatic rings. The molecule has 0 atom stereocenters. The molecule has 3 nitrogen and oxygen atoms in total. The number of hydrogen-bond donors (Lipinski definition) is 0. The molecule has 0 amide bonds. The second kappa shape index (κ2) is 8.19. The van der Waals surface area contributed by atoms with E-state index in [2.05, 4.69) is 38.1 Å². The lowest BCUT2D eigenvalue weighted by Gasteiger charge is -2.20. The fourth-order valence-corrected chi connectivity index (χ4v) is 3.70. The van der Waals surface area contributed by atoms with Crippen LogP contribution in [0.3, 0.4) is 0 Å². The smallest absolute Gasteiger partial charge is 0.130 e. The quantitative estimate of drug-likeness (QED) is 0.534. The number of nitrogens with zero attached hydrogens (tertiary/aromatic N) is 1. The summed E-state index contributed by atoms with van der Waals surface area (Å²) in [6, 6.07) is 18.4. The Morgan fingerprint density at radius 3 is 2.04 bits per heavy atom. The van der Waals surface area contributed by atoms with Crippen molar-refractivity contribution >= 4 is 0 Å². The first kappa shape index (κ1) is 19.5. The van der Waals surface area contributed by atoms with Gasteiger partial charge in [-0.2, -0.15) is 5.26 Å². The Balaban J connectivity index is 2.25. The Bertz CT molecular complexity index is 1060. The van der Waals surface area contributed by atoms with Crippen LogP contribution in [0.4, 0.5) is 0 Å². The van der Waals surface area contributed by atoms with E-state index in [1.807, 2.05) is 44.2 Å². The van der Waals surface area contributed by atoms with Gasteiger partial charge in [-0.25, -0.2) is 0 Å². The van der Waals surface area contributed by atoms with E-state index >= 15 is 0 Å². The Hall–Kier alpha value is -3.25. The highest BCUT2D eigenvalue weighted by atomic mass is 16.5. The molecule has 142 valence electrons. The van der Waals surface area contributed by atoms with E-state index < -0.39 is 0 Å². The molecule has 0 heterocycles. The molecular weight excluding hydrogens is 346 g/mol. The summed E-state index contributed by atoms with van der Waals surface area (Å²) < 4.78 is 11.6. The molecule has 28 heavy (non-hydrogen) atoms. The lowest BCUT2D eigenvalue weighted by Crippen LogP contribution is -2.00. The lowest BCUT2D eigenvalue weighted by molar-refractivity contribution is 0.339. The zero-order valence-electron chi connectivity index (χ0n) is 17.1. The van der Waals surface area contributed by atoms with Gasteiger partial charge in [0.05, 0.1) is 25.3 Å².